The summed E-state index contributed by atoms with van der Waals surface area (Å²) >= 11 is 0. The van der Waals surface area contributed by atoms with E-state index < -0.39 is 5.91 Å². The Morgan fingerprint density at radius 3 is 2.75 bits per heavy atom. The minimum absolute atomic E-state index is 0.222. The Labute approximate surface area is 119 Å². The first kappa shape index (κ1) is 14.8. The van der Waals surface area contributed by atoms with Crippen LogP contribution in [0.3, 0.4) is 0 Å². The number of nitrogens with two attached hydrogens (primary N) is 1. The molecule has 110 valence electrons. The summed E-state index contributed by atoms with van der Waals surface area (Å²) in [5, 5.41) is 3.44. The Morgan fingerprint density at radius 1 is 1.40 bits per heavy atom. The van der Waals surface area contributed by atoms with Gasteiger partial charge in [-0.05, 0) is 37.8 Å². The molecule has 3 N–H and O–H groups in total. The molecule has 4 heteroatoms. The highest BCUT2D eigenvalue weighted by molar-refractivity contribution is 5.94. The van der Waals surface area contributed by atoms with Crippen molar-refractivity contribution in [1.29, 1.82) is 0 Å². The van der Waals surface area contributed by atoms with Gasteiger partial charge < -0.3 is 11.1 Å². The van der Waals surface area contributed by atoms with Crippen LogP contribution >= 0.6 is 0 Å². The fourth-order valence-electron chi connectivity index (χ4n) is 3.06. The Kier molecular flexibility index (Phi) is 4.63. The summed E-state index contributed by atoms with van der Waals surface area (Å²) in [5.74, 6) is -0.362. The van der Waals surface area contributed by atoms with E-state index >= 15 is 0 Å². The molecule has 1 aliphatic rings. The van der Waals surface area contributed by atoms with E-state index in [9.17, 15) is 9.18 Å². The monoisotopic (exact) mass is 278 g/mol. The largest absolute Gasteiger partial charge is 0.382 e. The van der Waals surface area contributed by atoms with Crippen molar-refractivity contribution in [3.8, 4) is 0 Å². The SMILES string of the molecule is CCC1CCCCC1Nc1cc(C(N)=O)cc(F)c1C. The maximum atomic E-state index is 13.9. The molecule has 2 unspecified atom stereocenters. The molecular formula is C16H23FN2O. The highest BCUT2D eigenvalue weighted by atomic mass is 19.1. The van der Waals surface area contributed by atoms with Gasteiger partial charge in [0.15, 0.2) is 0 Å². The maximum Gasteiger partial charge on any atom is 0.248 e. The number of rotatable bonds is 4. The van der Waals surface area contributed by atoms with Crippen molar-refractivity contribution in [3.63, 3.8) is 0 Å². The summed E-state index contributed by atoms with van der Waals surface area (Å²) in [6.07, 6.45) is 5.90. The summed E-state index contributed by atoms with van der Waals surface area (Å²) in [5.41, 5.74) is 6.73. The molecule has 3 nitrogen and oxygen atoms in total. The van der Waals surface area contributed by atoms with Gasteiger partial charge in [0.05, 0.1) is 0 Å². The van der Waals surface area contributed by atoms with Crippen LogP contribution < -0.4 is 11.1 Å². The third kappa shape index (κ3) is 3.11. The van der Waals surface area contributed by atoms with E-state index in [1.807, 2.05) is 0 Å². The molecule has 2 atom stereocenters. The minimum Gasteiger partial charge on any atom is -0.382 e. The topological polar surface area (TPSA) is 55.1 Å². The van der Waals surface area contributed by atoms with Gasteiger partial charge in [-0.25, -0.2) is 4.39 Å². The standard InChI is InChI=1S/C16H23FN2O/c1-3-11-6-4-5-7-14(11)19-15-9-12(16(18)20)8-13(17)10(15)2/h8-9,11,14,19H,3-7H2,1-2H3,(H2,18,20). The van der Waals surface area contributed by atoms with Crippen LogP contribution in [0.5, 0.6) is 0 Å². The van der Waals surface area contributed by atoms with E-state index in [2.05, 4.69) is 12.2 Å². The summed E-state index contributed by atoms with van der Waals surface area (Å²) in [7, 11) is 0. The Bertz CT molecular complexity index is 501. The number of carbonyl (C=O) groups excluding carboxylic acids is 1. The zero-order chi connectivity index (χ0) is 14.7. The Hall–Kier alpha value is -1.58. The number of carbonyl (C=O) groups is 1. The third-order valence-electron chi connectivity index (χ3n) is 4.40. The number of primary amides is 1. The van der Waals surface area contributed by atoms with Crippen LogP contribution in [-0.4, -0.2) is 11.9 Å². The van der Waals surface area contributed by atoms with Gasteiger partial charge >= 0.3 is 0 Å². The van der Waals surface area contributed by atoms with E-state index in [-0.39, 0.29) is 11.4 Å². The Balaban J connectivity index is 2.25. The lowest BCUT2D eigenvalue weighted by Crippen LogP contribution is -2.32. The first-order valence-corrected chi connectivity index (χ1v) is 7.39. The van der Waals surface area contributed by atoms with Crippen molar-refractivity contribution < 1.29 is 9.18 Å². The van der Waals surface area contributed by atoms with Gasteiger partial charge in [-0.2, -0.15) is 0 Å². The molecule has 1 amide bonds. The lowest BCUT2D eigenvalue weighted by atomic mass is 9.82. The van der Waals surface area contributed by atoms with Crippen molar-refractivity contribution in [2.45, 2.75) is 52.0 Å². The summed E-state index contributed by atoms with van der Waals surface area (Å²) in [6, 6.07) is 3.23. The predicted molar refractivity (Wildman–Crippen MR) is 79.3 cm³/mol. The van der Waals surface area contributed by atoms with Crippen LogP contribution in [0.15, 0.2) is 12.1 Å². The molecule has 0 radical (unpaired) electrons. The van der Waals surface area contributed by atoms with E-state index in [1.165, 1.54) is 25.3 Å². The number of hydrogen-bond donors (Lipinski definition) is 2. The van der Waals surface area contributed by atoms with Crippen LogP contribution in [0.1, 0.15) is 54.9 Å². The van der Waals surface area contributed by atoms with Gasteiger partial charge in [-0.3, -0.25) is 4.79 Å². The lowest BCUT2D eigenvalue weighted by molar-refractivity contribution is 0.1000. The summed E-state index contributed by atoms with van der Waals surface area (Å²) in [6.45, 7) is 3.92. The van der Waals surface area contributed by atoms with E-state index in [1.54, 1.807) is 13.0 Å². The molecule has 2 rings (SSSR count). The van der Waals surface area contributed by atoms with Crippen LogP contribution in [0.2, 0.25) is 0 Å². The third-order valence-corrected chi connectivity index (χ3v) is 4.40. The fraction of sp³-hybridized carbons (Fsp3) is 0.562. The van der Waals surface area contributed by atoms with Crippen molar-refractivity contribution in [1.82, 2.24) is 0 Å². The Morgan fingerprint density at radius 2 is 2.10 bits per heavy atom. The first-order valence-electron chi connectivity index (χ1n) is 7.39. The van der Waals surface area contributed by atoms with Crippen molar-refractivity contribution in [2.75, 3.05) is 5.32 Å². The molecule has 1 fully saturated rings. The van der Waals surface area contributed by atoms with E-state index in [0.29, 0.717) is 23.2 Å². The van der Waals surface area contributed by atoms with Gasteiger partial charge in [0, 0.05) is 22.9 Å². The molecule has 0 spiro atoms. The molecule has 1 saturated carbocycles. The highest BCUT2D eigenvalue weighted by Crippen LogP contribution is 2.31. The molecule has 1 aromatic rings. The molecular weight excluding hydrogens is 255 g/mol. The van der Waals surface area contributed by atoms with Crippen molar-refractivity contribution in [3.05, 3.63) is 29.1 Å². The van der Waals surface area contributed by atoms with Crippen molar-refractivity contribution >= 4 is 11.6 Å². The minimum atomic E-state index is -0.595. The van der Waals surface area contributed by atoms with Gasteiger partial charge in [0.25, 0.3) is 0 Å². The molecule has 0 aromatic heterocycles. The second-order valence-electron chi connectivity index (χ2n) is 5.70. The predicted octanol–water partition coefficient (Wildman–Crippen LogP) is 3.61. The van der Waals surface area contributed by atoms with Crippen LogP contribution in [0.4, 0.5) is 10.1 Å². The molecule has 0 aliphatic heterocycles. The van der Waals surface area contributed by atoms with Gasteiger partial charge in [0.2, 0.25) is 5.91 Å². The molecule has 0 bridgehead atoms. The van der Waals surface area contributed by atoms with Crippen LogP contribution in [0, 0.1) is 18.7 Å². The second-order valence-corrected chi connectivity index (χ2v) is 5.70. The molecule has 0 saturated heterocycles. The lowest BCUT2D eigenvalue weighted by Gasteiger charge is -2.33. The zero-order valence-corrected chi connectivity index (χ0v) is 12.2. The number of nitrogens with one attached hydrogen (secondary N) is 1. The number of amides is 1. The molecule has 1 aliphatic carbocycles. The maximum absolute atomic E-state index is 13.9. The number of halogens is 1. The quantitative estimate of drug-likeness (QED) is 0.884. The number of benzene rings is 1. The molecule has 20 heavy (non-hydrogen) atoms. The molecule has 1 aromatic carbocycles. The second kappa shape index (κ2) is 6.25. The van der Waals surface area contributed by atoms with E-state index in [0.717, 1.165) is 12.8 Å². The van der Waals surface area contributed by atoms with Crippen LogP contribution in [0.25, 0.3) is 0 Å². The summed E-state index contributed by atoms with van der Waals surface area (Å²) in [4.78, 5) is 11.3. The van der Waals surface area contributed by atoms with Crippen LogP contribution in [-0.2, 0) is 0 Å². The number of anilines is 1. The average Bonchev–Trinajstić information content (AvgIpc) is 2.44. The van der Waals surface area contributed by atoms with E-state index in [4.69, 9.17) is 5.73 Å². The smallest absolute Gasteiger partial charge is 0.248 e. The fourth-order valence-corrected chi connectivity index (χ4v) is 3.06. The highest BCUT2D eigenvalue weighted by Gasteiger charge is 2.24. The zero-order valence-electron chi connectivity index (χ0n) is 12.2. The van der Waals surface area contributed by atoms with Crippen molar-refractivity contribution in [2.24, 2.45) is 11.7 Å². The normalized spacial score (nSPS) is 22.6. The van der Waals surface area contributed by atoms with Gasteiger partial charge in [0.1, 0.15) is 5.82 Å². The van der Waals surface area contributed by atoms with Gasteiger partial charge in [-0.15, -0.1) is 0 Å². The van der Waals surface area contributed by atoms with Gasteiger partial charge in [-0.1, -0.05) is 26.2 Å². The number of hydrogen-bond acceptors (Lipinski definition) is 2. The first-order chi connectivity index (χ1) is 9.52. The molecule has 0 heterocycles. The summed E-state index contributed by atoms with van der Waals surface area (Å²) < 4.78 is 13.9. The average molecular weight is 278 g/mol.